The Morgan fingerprint density at radius 3 is 2.76 bits per heavy atom. The molecule has 0 spiro atoms. The molecule has 0 unspecified atom stereocenters. The van der Waals surface area contributed by atoms with Gasteiger partial charge in [-0.15, -0.1) is 0 Å². The quantitative estimate of drug-likeness (QED) is 0.810. The molecule has 4 rings (SSSR count). The molecule has 2 aromatic rings. The molecular weight excluding hydrogens is 362 g/mol. The second-order valence-corrected chi connectivity index (χ2v) is 7.95. The maximum atomic E-state index is 13.2. The molecule has 5 heteroatoms. The number of fused-ring (bicyclic) bond motifs is 2. The molecule has 2 aromatic carbocycles. The molecule has 2 amide bonds. The van der Waals surface area contributed by atoms with E-state index in [1.165, 1.54) is 5.56 Å². The van der Waals surface area contributed by atoms with Gasteiger partial charge in [0.1, 0.15) is 6.54 Å². The van der Waals surface area contributed by atoms with Crippen molar-refractivity contribution in [1.82, 2.24) is 5.32 Å². The number of anilines is 1. The van der Waals surface area contributed by atoms with E-state index >= 15 is 0 Å². The maximum absolute atomic E-state index is 13.2. The molecule has 0 bridgehead atoms. The lowest BCUT2D eigenvalue weighted by Crippen LogP contribution is -2.45. The number of hydrogen-bond acceptors (Lipinski definition) is 3. The van der Waals surface area contributed by atoms with E-state index in [9.17, 15) is 9.59 Å². The fourth-order valence-electron chi connectivity index (χ4n) is 4.20. The third-order valence-electron chi connectivity index (χ3n) is 5.75. The maximum Gasteiger partial charge on any atom is 0.240 e. The molecule has 1 aliphatic heterocycles. The van der Waals surface area contributed by atoms with Crippen LogP contribution in [0.2, 0.25) is 0 Å². The number of benzene rings is 2. The molecule has 2 aliphatic rings. The minimum Gasteiger partial charge on any atom is -0.352 e. The topological polar surface area (TPSA) is 61.8 Å². The van der Waals surface area contributed by atoms with Crippen LogP contribution in [0.25, 0.3) is 0 Å². The van der Waals surface area contributed by atoms with Crippen molar-refractivity contribution in [2.75, 3.05) is 11.4 Å². The number of nitrogens with zero attached hydrogens (tertiary/aromatic N) is 2. The van der Waals surface area contributed by atoms with Gasteiger partial charge in [-0.2, -0.15) is 0 Å². The van der Waals surface area contributed by atoms with Crippen LogP contribution in [0.3, 0.4) is 0 Å². The highest BCUT2D eigenvalue weighted by molar-refractivity contribution is 6.16. The Morgan fingerprint density at radius 2 is 1.93 bits per heavy atom. The molecule has 1 N–H and O–H groups in total. The summed E-state index contributed by atoms with van der Waals surface area (Å²) < 4.78 is 0. The van der Waals surface area contributed by atoms with E-state index in [2.05, 4.69) is 17.4 Å². The van der Waals surface area contributed by atoms with Gasteiger partial charge in [0, 0.05) is 11.8 Å². The summed E-state index contributed by atoms with van der Waals surface area (Å²) >= 11 is 0. The standard InChI is InChI=1S/C24H27N3O2/c1-17(14-15-18-8-3-2-4-9-18)25-23(28)16-27-22-13-6-5-11-21(22)26-20-12-7-10-19(20)24(27)29/h2-6,8-9,11,13,17,19H,7,10,12,14-16H2,1H3,(H,25,28)/t17-,19+/m1/s1. The molecule has 1 saturated carbocycles. The highest BCUT2D eigenvalue weighted by Crippen LogP contribution is 2.37. The summed E-state index contributed by atoms with van der Waals surface area (Å²) in [5.74, 6) is -0.320. The lowest BCUT2D eigenvalue weighted by molar-refractivity contribution is -0.125. The van der Waals surface area contributed by atoms with E-state index in [-0.39, 0.29) is 30.3 Å². The zero-order valence-electron chi connectivity index (χ0n) is 16.8. The minimum atomic E-state index is -0.189. The van der Waals surface area contributed by atoms with E-state index in [0.29, 0.717) is 0 Å². The zero-order valence-corrected chi connectivity index (χ0v) is 16.8. The average Bonchev–Trinajstić information content (AvgIpc) is 3.16. The fraction of sp³-hybridized carbons (Fsp3) is 0.375. The van der Waals surface area contributed by atoms with Crippen LogP contribution >= 0.6 is 0 Å². The van der Waals surface area contributed by atoms with Crippen molar-refractivity contribution in [2.24, 2.45) is 10.9 Å². The van der Waals surface area contributed by atoms with E-state index in [0.717, 1.165) is 49.2 Å². The number of rotatable bonds is 6. The number of carbonyl (C=O) groups excluding carboxylic acids is 2. The molecular formula is C24H27N3O2. The first kappa shape index (κ1) is 19.4. The molecule has 29 heavy (non-hydrogen) atoms. The van der Waals surface area contributed by atoms with Crippen molar-refractivity contribution >= 4 is 28.9 Å². The van der Waals surface area contributed by atoms with Gasteiger partial charge in [-0.25, -0.2) is 0 Å². The van der Waals surface area contributed by atoms with Gasteiger partial charge in [-0.05, 0) is 56.7 Å². The van der Waals surface area contributed by atoms with Crippen LogP contribution in [0.15, 0.2) is 59.6 Å². The molecule has 0 radical (unpaired) electrons. The molecule has 150 valence electrons. The Kier molecular flexibility index (Phi) is 5.74. The van der Waals surface area contributed by atoms with E-state index in [4.69, 9.17) is 4.99 Å². The number of nitrogens with one attached hydrogen (secondary N) is 1. The summed E-state index contributed by atoms with van der Waals surface area (Å²) in [7, 11) is 0. The van der Waals surface area contributed by atoms with Gasteiger partial charge in [0.15, 0.2) is 0 Å². The summed E-state index contributed by atoms with van der Waals surface area (Å²) in [6.45, 7) is 2.04. The van der Waals surface area contributed by atoms with Crippen molar-refractivity contribution in [3.8, 4) is 0 Å². The second kappa shape index (κ2) is 8.60. The van der Waals surface area contributed by atoms with Gasteiger partial charge < -0.3 is 10.2 Å². The Bertz CT molecular complexity index is 923. The van der Waals surface area contributed by atoms with Crippen LogP contribution in [0, 0.1) is 5.92 Å². The van der Waals surface area contributed by atoms with Crippen LogP contribution in [0.4, 0.5) is 11.4 Å². The Hall–Kier alpha value is -2.95. The number of carbonyl (C=O) groups is 2. The lowest BCUT2D eigenvalue weighted by atomic mass is 10.0. The van der Waals surface area contributed by atoms with Gasteiger partial charge in [0.25, 0.3) is 0 Å². The first-order valence-corrected chi connectivity index (χ1v) is 10.4. The number of hydrogen-bond donors (Lipinski definition) is 1. The predicted octanol–water partition coefficient (Wildman–Crippen LogP) is 4.04. The first-order valence-electron chi connectivity index (χ1n) is 10.4. The van der Waals surface area contributed by atoms with Gasteiger partial charge in [-0.3, -0.25) is 14.6 Å². The summed E-state index contributed by atoms with van der Waals surface area (Å²) in [4.78, 5) is 32.3. The van der Waals surface area contributed by atoms with Crippen LogP contribution in [-0.4, -0.2) is 30.1 Å². The minimum absolute atomic E-state index is 0.00158. The summed E-state index contributed by atoms with van der Waals surface area (Å²) in [6.07, 6.45) is 4.43. The van der Waals surface area contributed by atoms with Crippen molar-refractivity contribution in [1.29, 1.82) is 0 Å². The van der Waals surface area contributed by atoms with Gasteiger partial charge in [-0.1, -0.05) is 42.5 Å². The van der Waals surface area contributed by atoms with Crippen molar-refractivity contribution in [3.05, 3.63) is 60.2 Å². The van der Waals surface area contributed by atoms with Crippen LogP contribution in [0.1, 0.15) is 38.2 Å². The van der Waals surface area contributed by atoms with Gasteiger partial charge in [0.05, 0.1) is 17.3 Å². The molecule has 0 saturated heterocycles. The number of aliphatic imine (C=N–C) groups is 1. The normalized spacial score (nSPS) is 19.1. The lowest BCUT2D eigenvalue weighted by Gasteiger charge is -2.25. The smallest absolute Gasteiger partial charge is 0.240 e. The largest absolute Gasteiger partial charge is 0.352 e. The zero-order chi connectivity index (χ0) is 20.2. The molecule has 1 aliphatic carbocycles. The highest BCUT2D eigenvalue weighted by Gasteiger charge is 2.37. The number of aryl methyl sites for hydroxylation is 1. The van der Waals surface area contributed by atoms with Crippen molar-refractivity contribution in [3.63, 3.8) is 0 Å². The summed E-state index contributed by atoms with van der Waals surface area (Å²) in [6, 6.07) is 17.9. The number of amides is 2. The predicted molar refractivity (Wildman–Crippen MR) is 116 cm³/mol. The first-order chi connectivity index (χ1) is 14.1. The van der Waals surface area contributed by atoms with Crippen molar-refractivity contribution < 1.29 is 9.59 Å². The van der Waals surface area contributed by atoms with Gasteiger partial charge >= 0.3 is 0 Å². The molecule has 0 aromatic heterocycles. The molecule has 1 heterocycles. The van der Waals surface area contributed by atoms with Crippen LogP contribution in [-0.2, 0) is 16.0 Å². The second-order valence-electron chi connectivity index (χ2n) is 7.95. The average molecular weight is 389 g/mol. The Morgan fingerprint density at radius 1 is 1.17 bits per heavy atom. The third kappa shape index (κ3) is 4.39. The SMILES string of the molecule is C[C@H](CCc1ccccc1)NC(=O)CN1C(=O)[C@H]2CCCC2=Nc2ccccc21. The molecule has 2 atom stereocenters. The summed E-state index contributed by atoms with van der Waals surface area (Å²) in [5, 5.41) is 3.06. The van der Waals surface area contributed by atoms with E-state index < -0.39 is 0 Å². The van der Waals surface area contributed by atoms with Crippen molar-refractivity contribution in [2.45, 2.75) is 45.1 Å². The fourth-order valence-corrected chi connectivity index (χ4v) is 4.20. The summed E-state index contributed by atoms with van der Waals surface area (Å²) in [5.41, 5.74) is 3.73. The van der Waals surface area contributed by atoms with E-state index in [1.807, 2.05) is 49.4 Å². The highest BCUT2D eigenvalue weighted by atomic mass is 16.2. The number of para-hydroxylation sites is 2. The Labute approximate surface area is 171 Å². The Balaban J connectivity index is 1.42. The van der Waals surface area contributed by atoms with Crippen LogP contribution in [0.5, 0.6) is 0 Å². The monoisotopic (exact) mass is 389 g/mol. The van der Waals surface area contributed by atoms with Crippen LogP contribution < -0.4 is 10.2 Å². The third-order valence-corrected chi connectivity index (χ3v) is 5.75. The molecule has 5 nitrogen and oxygen atoms in total. The van der Waals surface area contributed by atoms with E-state index in [1.54, 1.807) is 4.90 Å². The molecule has 1 fully saturated rings. The van der Waals surface area contributed by atoms with Gasteiger partial charge in [0.2, 0.25) is 11.8 Å².